The van der Waals surface area contributed by atoms with Gasteiger partial charge in [0.2, 0.25) is 0 Å². The third-order valence-electron chi connectivity index (χ3n) is 5.03. The lowest BCUT2D eigenvalue weighted by atomic mass is 10.2. The first-order chi connectivity index (χ1) is 11.8. The summed E-state index contributed by atoms with van der Waals surface area (Å²) in [6, 6.07) is 11.9. The quantitative estimate of drug-likeness (QED) is 0.360. The Morgan fingerprint density at radius 1 is 1.21 bits per heavy atom. The van der Waals surface area contributed by atoms with Gasteiger partial charge in [0, 0.05) is 49.4 Å². The maximum Gasteiger partial charge on any atom is 0.191 e. The van der Waals surface area contributed by atoms with E-state index in [2.05, 4.69) is 50.9 Å². The fourth-order valence-electron chi connectivity index (χ4n) is 3.75. The van der Waals surface area contributed by atoms with Crippen molar-refractivity contribution in [1.29, 1.82) is 0 Å². The molecule has 0 bridgehead atoms. The van der Waals surface area contributed by atoms with Crippen LogP contribution in [0, 0.1) is 0 Å². The molecule has 1 heterocycles. The van der Waals surface area contributed by atoms with Crippen molar-refractivity contribution in [3.8, 4) is 0 Å². The number of hydrogen-bond donors (Lipinski definition) is 2. The molecule has 132 valence electrons. The van der Waals surface area contributed by atoms with E-state index in [4.69, 9.17) is 0 Å². The fraction of sp³-hybridized carbons (Fsp3) is 0.632. The zero-order valence-corrected chi connectivity index (χ0v) is 15.5. The molecule has 1 atom stereocenters. The van der Waals surface area contributed by atoms with Gasteiger partial charge in [-0.05, 0) is 31.4 Å². The minimum absolute atomic E-state index is 0.540. The van der Waals surface area contributed by atoms with Crippen LogP contribution in [0.4, 0.5) is 0 Å². The molecule has 2 fully saturated rings. The van der Waals surface area contributed by atoms with Crippen molar-refractivity contribution in [2.45, 2.75) is 49.1 Å². The van der Waals surface area contributed by atoms with E-state index in [1.807, 2.05) is 18.8 Å². The number of likely N-dealkylation sites (tertiary alicyclic amines) is 1. The fourth-order valence-corrected chi connectivity index (χ4v) is 4.54. The first-order valence-electron chi connectivity index (χ1n) is 9.24. The predicted molar refractivity (Wildman–Crippen MR) is 104 cm³/mol. The molecule has 1 aromatic carbocycles. The Bertz CT molecular complexity index is 513. The molecule has 0 aromatic heterocycles. The van der Waals surface area contributed by atoms with Crippen LogP contribution < -0.4 is 10.6 Å². The Morgan fingerprint density at radius 2 is 2.00 bits per heavy atom. The van der Waals surface area contributed by atoms with Crippen molar-refractivity contribution in [1.82, 2.24) is 15.5 Å². The average Bonchev–Trinajstić information content (AvgIpc) is 3.30. The molecule has 3 rings (SSSR count). The van der Waals surface area contributed by atoms with Gasteiger partial charge in [0.05, 0.1) is 0 Å². The number of hydrogen-bond acceptors (Lipinski definition) is 3. The summed E-state index contributed by atoms with van der Waals surface area (Å²) in [7, 11) is 1.86. The van der Waals surface area contributed by atoms with Crippen molar-refractivity contribution in [3.05, 3.63) is 30.3 Å². The van der Waals surface area contributed by atoms with Crippen LogP contribution in [0.15, 0.2) is 40.2 Å². The van der Waals surface area contributed by atoms with Gasteiger partial charge in [0.25, 0.3) is 0 Å². The largest absolute Gasteiger partial charge is 0.356 e. The van der Waals surface area contributed by atoms with E-state index in [0.717, 1.165) is 24.3 Å². The predicted octanol–water partition coefficient (Wildman–Crippen LogP) is 2.96. The van der Waals surface area contributed by atoms with Gasteiger partial charge in [-0.3, -0.25) is 9.89 Å². The number of guanidine groups is 1. The van der Waals surface area contributed by atoms with Gasteiger partial charge >= 0.3 is 0 Å². The van der Waals surface area contributed by atoms with Crippen LogP contribution in [-0.4, -0.2) is 55.4 Å². The van der Waals surface area contributed by atoms with Gasteiger partial charge in [0.1, 0.15) is 0 Å². The van der Waals surface area contributed by atoms with Crippen LogP contribution in [0.25, 0.3) is 0 Å². The van der Waals surface area contributed by atoms with Gasteiger partial charge in [0.15, 0.2) is 5.96 Å². The Hall–Kier alpha value is -1.20. The average molecular weight is 347 g/mol. The van der Waals surface area contributed by atoms with Crippen molar-refractivity contribution >= 4 is 17.7 Å². The first-order valence-corrected chi connectivity index (χ1v) is 10.2. The Balaban J connectivity index is 1.34. The summed E-state index contributed by atoms with van der Waals surface area (Å²) in [4.78, 5) is 8.39. The summed E-state index contributed by atoms with van der Waals surface area (Å²) in [5.41, 5.74) is 0. The molecule has 5 heteroatoms. The zero-order chi connectivity index (χ0) is 16.6. The molecule has 1 saturated heterocycles. The number of nitrogens with one attached hydrogen (secondary N) is 2. The lowest BCUT2D eigenvalue weighted by molar-refractivity contribution is 0.242. The molecule has 0 spiro atoms. The van der Waals surface area contributed by atoms with Crippen LogP contribution in [0.3, 0.4) is 0 Å². The number of benzene rings is 1. The number of aliphatic imine (C=N–C) groups is 1. The maximum absolute atomic E-state index is 4.39. The summed E-state index contributed by atoms with van der Waals surface area (Å²) in [6.45, 7) is 3.34. The molecule has 2 N–H and O–H groups in total. The second-order valence-electron chi connectivity index (χ2n) is 6.72. The smallest absolute Gasteiger partial charge is 0.191 e. The number of thioether (sulfide) groups is 1. The van der Waals surface area contributed by atoms with E-state index < -0.39 is 0 Å². The lowest BCUT2D eigenvalue weighted by Gasteiger charge is -2.24. The molecule has 1 aliphatic carbocycles. The molecule has 1 aliphatic heterocycles. The van der Waals surface area contributed by atoms with E-state index >= 15 is 0 Å². The third kappa shape index (κ3) is 5.15. The summed E-state index contributed by atoms with van der Waals surface area (Å²) < 4.78 is 0. The highest BCUT2D eigenvalue weighted by Gasteiger charge is 2.30. The van der Waals surface area contributed by atoms with Crippen LogP contribution in [0.2, 0.25) is 0 Å². The summed E-state index contributed by atoms with van der Waals surface area (Å²) in [5.74, 6) is 1.99. The van der Waals surface area contributed by atoms with E-state index in [-0.39, 0.29) is 0 Å². The summed E-state index contributed by atoms with van der Waals surface area (Å²) >= 11 is 1.88. The number of rotatable bonds is 6. The normalized spacial score (nSPS) is 22.9. The molecule has 4 nitrogen and oxygen atoms in total. The summed E-state index contributed by atoms with van der Waals surface area (Å²) in [5, 5.41) is 7.06. The minimum atomic E-state index is 0.540. The molecular formula is C19H30N4S. The van der Waals surface area contributed by atoms with Crippen molar-refractivity contribution in [2.75, 3.05) is 32.4 Å². The lowest BCUT2D eigenvalue weighted by Crippen LogP contribution is -2.45. The van der Waals surface area contributed by atoms with Crippen molar-refractivity contribution in [3.63, 3.8) is 0 Å². The highest BCUT2D eigenvalue weighted by molar-refractivity contribution is 7.99. The van der Waals surface area contributed by atoms with Gasteiger partial charge in [-0.2, -0.15) is 0 Å². The van der Waals surface area contributed by atoms with E-state index in [1.54, 1.807) is 0 Å². The van der Waals surface area contributed by atoms with Gasteiger partial charge in [-0.1, -0.05) is 31.0 Å². The van der Waals surface area contributed by atoms with Crippen LogP contribution in [-0.2, 0) is 0 Å². The second-order valence-corrected chi connectivity index (χ2v) is 7.89. The monoisotopic (exact) mass is 346 g/mol. The highest BCUT2D eigenvalue weighted by Crippen LogP contribution is 2.26. The van der Waals surface area contributed by atoms with E-state index in [0.29, 0.717) is 6.04 Å². The summed E-state index contributed by atoms with van der Waals surface area (Å²) in [6.07, 6.45) is 6.87. The van der Waals surface area contributed by atoms with Gasteiger partial charge < -0.3 is 10.6 Å². The molecule has 0 amide bonds. The maximum atomic E-state index is 4.39. The molecular weight excluding hydrogens is 316 g/mol. The third-order valence-corrected chi connectivity index (χ3v) is 6.05. The Kier molecular flexibility index (Phi) is 6.85. The second kappa shape index (κ2) is 9.33. The molecule has 1 saturated carbocycles. The topological polar surface area (TPSA) is 39.7 Å². The Labute approximate surface area is 150 Å². The standard InChI is InChI=1S/C19H30N4S/c1-20-19(21-12-14-24-18-9-3-2-4-10-18)22-16-11-13-23(15-16)17-7-5-6-8-17/h2-4,9-10,16-17H,5-8,11-15H2,1H3,(H2,20,21,22). The van der Waals surface area contributed by atoms with Crippen LogP contribution in [0.1, 0.15) is 32.1 Å². The molecule has 1 aromatic rings. The highest BCUT2D eigenvalue weighted by atomic mass is 32.2. The van der Waals surface area contributed by atoms with Crippen LogP contribution in [0.5, 0.6) is 0 Å². The molecule has 0 radical (unpaired) electrons. The van der Waals surface area contributed by atoms with E-state index in [1.165, 1.54) is 50.1 Å². The van der Waals surface area contributed by atoms with Gasteiger partial charge in [-0.25, -0.2) is 0 Å². The van der Waals surface area contributed by atoms with Crippen molar-refractivity contribution in [2.24, 2.45) is 4.99 Å². The minimum Gasteiger partial charge on any atom is -0.356 e. The van der Waals surface area contributed by atoms with E-state index in [9.17, 15) is 0 Å². The molecule has 2 aliphatic rings. The number of nitrogens with zero attached hydrogens (tertiary/aromatic N) is 2. The molecule has 24 heavy (non-hydrogen) atoms. The SMILES string of the molecule is CN=C(NCCSc1ccccc1)NC1CCN(C2CCCC2)C1. The van der Waals surface area contributed by atoms with Crippen molar-refractivity contribution < 1.29 is 0 Å². The Morgan fingerprint density at radius 3 is 2.75 bits per heavy atom. The zero-order valence-electron chi connectivity index (χ0n) is 14.7. The first kappa shape index (κ1) is 17.6. The molecule has 1 unspecified atom stereocenters. The van der Waals surface area contributed by atoms with Crippen LogP contribution >= 0.6 is 11.8 Å². The van der Waals surface area contributed by atoms with Gasteiger partial charge in [-0.15, -0.1) is 11.8 Å².